The van der Waals surface area contributed by atoms with Gasteiger partial charge in [0.05, 0.1) is 11.0 Å². The fourth-order valence-electron chi connectivity index (χ4n) is 2.69. The van der Waals surface area contributed by atoms with Crippen LogP contribution in [0.5, 0.6) is 0 Å². The second kappa shape index (κ2) is 5.33. The Kier molecular flexibility index (Phi) is 3.51. The molecule has 6 heteroatoms. The van der Waals surface area contributed by atoms with Crippen molar-refractivity contribution in [2.45, 2.75) is 18.9 Å². The Bertz CT molecular complexity index is 721. The lowest BCUT2D eigenvalue weighted by Crippen LogP contribution is -2.19. The monoisotopic (exact) mass is 306 g/mol. The molecule has 0 bridgehead atoms. The SMILES string of the molecule is O=[N+]([O-])c1cc(F)cc(NC2Cc3ccc(Cl)cc3C2)c1. The van der Waals surface area contributed by atoms with Gasteiger partial charge in [-0.05, 0) is 42.2 Å². The zero-order valence-electron chi connectivity index (χ0n) is 11.0. The first-order valence-corrected chi connectivity index (χ1v) is 6.88. The largest absolute Gasteiger partial charge is 0.381 e. The summed E-state index contributed by atoms with van der Waals surface area (Å²) in [6, 6.07) is 9.35. The first kappa shape index (κ1) is 13.8. The number of nitro benzene ring substituents is 1. The van der Waals surface area contributed by atoms with Crippen LogP contribution >= 0.6 is 11.6 Å². The maximum atomic E-state index is 13.4. The Labute approximate surface area is 125 Å². The second-order valence-electron chi connectivity index (χ2n) is 5.12. The molecule has 1 aliphatic carbocycles. The molecule has 0 radical (unpaired) electrons. The summed E-state index contributed by atoms with van der Waals surface area (Å²) in [5, 5.41) is 14.6. The van der Waals surface area contributed by atoms with E-state index in [0.29, 0.717) is 10.7 Å². The summed E-state index contributed by atoms with van der Waals surface area (Å²) in [5.74, 6) is -0.620. The smallest absolute Gasteiger partial charge is 0.274 e. The fraction of sp³-hybridized carbons (Fsp3) is 0.200. The van der Waals surface area contributed by atoms with Gasteiger partial charge in [-0.15, -0.1) is 0 Å². The molecule has 0 amide bonds. The van der Waals surface area contributed by atoms with Crippen LogP contribution in [0.3, 0.4) is 0 Å². The van der Waals surface area contributed by atoms with E-state index in [4.69, 9.17) is 11.6 Å². The molecule has 2 aromatic carbocycles. The van der Waals surface area contributed by atoms with Crippen LogP contribution in [0.25, 0.3) is 0 Å². The average molecular weight is 307 g/mol. The van der Waals surface area contributed by atoms with E-state index in [1.165, 1.54) is 17.7 Å². The van der Waals surface area contributed by atoms with Crippen LogP contribution in [0, 0.1) is 15.9 Å². The van der Waals surface area contributed by atoms with Crippen LogP contribution < -0.4 is 5.32 Å². The summed E-state index contributed by atoms with van der Waals surface area (Å²) in [5.41, 5.74) is 2.52. The zero-order valence-corrected chi connectivity index (χ0v) is 11.7. The van der Waals surface area contributed by atoms with Gasteiger partial charge in [0.25, 0.3) is 5.69 Å². The number of anilines is 1. The van der Waals surface area contributed by atoms with E-state index < -0.39 is 10.7 Å². The lowest BCUT2D eigenvalue weighted by atomic mass is 10.1. The topological polar surface area (TPSA) is 55.2 Å². The Hall–Kier alpha value is -2.14. The maximum absolute atomic E-state index is 13.4. The highest BCUT2D eigenvalue weighted by Crippen LogP contribution is 2.28. The van der Waals surface area contributed by atoms with Crippen molar-refractivity contribution >= 4 is 23.0 Å². The molecule has 0 saturated carbocycles. The summed E-state index contributed by atoms with van der Waals surface area (Å²) in [7, 11) is 0. The van der Waals surface area contributed by atoms with Gasteiger partial charge in [-0.3, -0.25) is 10.1 Å². The lowest BCUT2D eigenvalue weighted by molar-refractivity contribution is -0.385. The van der Waals surface area contributed by atoms with Crippen molar-refractivity contribution in [2.24, 2.45) is 0 Å². The van der Waals surface area contributed by atoms with E-state index in [1.807, 2.05) is 18.2 Å². The number of benzene rings is 2. The van der Waals surface area contributed by atoms with Gasteiger partial charge in [0.2, 0.25) is 0 Å². The van der Waals surface area contributed by atoms with Gasteiger partial charge >= 0.3 is 0 Å². The molecular formula is C15H12ClFN2O2. The number of non-ortho nitro benzene ring substituents is 1. The molecule has 3 rings (SSSR count). The van der Waals surface area contributed by atoms with E-state index in [-0.39, 0.29) is 11.7 Å². The Morgan fingerprint density at radius 1 is 1.19 bits per heavy atom. The van der Waals surface area contributed by atoms with Crippen molar-refractivity contribution < 1.29 is 9.31 Å². The zero-order chi connectivity index (χ0) is 15.0. The standard InChI is InChI=1S/C15H12ClFN2O2/c16-11-2-1-9-4-13(5-10(9)3-11)18-14-6-12(17)7-15(8-14)19(20)21/h1-3,6-8,13,18H,4-5H2. The molecule has 0 aliphatic heterocycles. The number of rotatable bonds is 3. The molecule has 0 spiro atoms. The lowest BCUT2D eigenvalue weighted by Gasteiger charge is -2.13. The number of nitrogens with one attached hydrogen (secondary N) is 1. The van der Waals surface area contributed by atoms with Crippen molar-refractivity contribution in [3.05, 3.63) is 68.5 Å². The minimum atomic E-state index is -0.620. The van der Waals surface area contributed by atoms with E-state index >= 15 is 0 Å². The van der Waals surface area contributed by atoms with Gasteiger partial charge in [0, 0.05) is 22.8 Å². The molecule has 1 atom stereocenters. The predicted octanol–water partition coefficient (Wildman–Crippen LogP) is 3.97. The average Bonchev–Trinajstić information content (AvgIpc) is 2.79. The molecular weight excluding hydrogens is 295 g/mol. The first-order valence-electron chi connectivity index (χ1n) is 6.50. The van der Waals surface area contributed by atoms with Crippen LogP contribution in [0.15, 0.2) is 36.4 Å². The third kappa shape index (κ3) is 2.97. The maximum Gasteiger partial charge on any atom is 0.274 e. The summed E-state index contributed by atoms with van der Waals surface area (Å²) < 4.78 is 13.4. The van der Waals surface area contributed by atoms with Gasteiger partial charge in [-0.25, -0.2) is 4.39 Å². The highest BCUT2D eigenvalue weighted by molar-refractivity contribution is 6.30. The number of halogens is 2. The number of nitro groups is 1. The minimum absolute atomic E-state index is 0.0832. The van der Waals surface area contributed by atoms with Crippen LogP contribution in [0.2, 0.25) is 5.02 Å². The molecule has 2 aromatic rings. The number of nitrogens with zero attached hydrogens (tertiary/aromatic N) is 1. The van der Waals surface area contributed by atoms with Crippen molar-refractivity contribution in [3.63, 3.8) is 0 Å². The van der Waals surface area contributed by atoms with E-state index in [9.17, 15) is 14.5 Å². The molecule has 0 heterocycles. The van der Waals surface area contributed by atoms with Crippen molar-refractivity contribution in [1.29, 1.82) is 0 Å². The van der Waals surface area contributed by atoms with Crippen molar-refractivity contribution in [3.8, 4) is 0 Å². The highest BCUT2D eigenvalue weighted by atomic mass is 35.5. The number of hydrogen-bond donors (Lipinski definition) is 1. The molecule has 1 aliphatic rings. The van der Waals surface area contributed by atoms with E-state index in [2.05, 4.69) is 5.32 Å². The van der Waals surface area contributed by atoms with Crippen molar-refractivity contribution in [2.75, 3.05) is 5.32 Å². The fourth-order valence-corrected chi connectivity index (χ4v) is 2.88. The summed E-state index contributed by atoms with van der Waals surface area (Å²) >= 11 is 5.96. The second-order valence-corrected chi connectivity index (χ2v) is 5.55. The molecule has 0 fully saturated rings. The van der Waals surface area contributed by atoms with Crippen LogP contribution in [0.1, 0.15) is 11.1 Å². The molecule has 4 nitrogen and oxygen atoms in total. The predicted molar refractivity (Wildman–Crippen MR) is 79.3 cm³/mol. The number of hydrogen-bond acceptors (Lipinski definition) is 3. The van der Waals surface area contributed by atoms with Crippen molar-refractivity contribution in [1.82, 2.24) is 0 Å². The molecule has 1 unspecified atom stereocenters. The van der Waals surface area contributed by atoms with Crippen LogP contribution in [-0.4, -0.2) is 11.0 Å². The third-order valence-electron chi connectivity index (χ3n) is 3.57. The van der Waals surface area contributed by atoms with Gasteiger partial charge in [-0.1, -0.05) is 17.7 Å². The summed E-state index contributed by atoms with van der Waals surface area (Å²) in [4.78, 5) is 10.2. The van der Waals surface area contributed by atoms with Gasteiger partial charge < -0.3 is 5.32 Å². The van der Waals surface area contributed by atoms with Gasteiger partial charge in [-0.2, -0.15) is 0 Å². The van der Waals surface area contributed by atoms with Crippen LogP contribution in [-0.2, 0) is 12.8 Å². The van der Waals surface area contributed by atoms with Crippen LogP contribution in [0.4, 0.5) is 15.8 Å². The molecule has 21 heavy (non-hydrogen) atoms. The Morgan fingerprint density at radius 3 is 2.71 bits per heavy atom. The first-order chi connectivity index (χ1) is 10.0. The molecule has 1 N–H and O–H groups in total. The Morgan fingerprint density at radius 2 is 1.95 bits per heavy atom. The summed E-state index contributed by atoms with van der Waals surface area (Å²) in [6.45, 7) is 0. The van der Waals surface area contributed by atoms with Gasteiger partial charge in [0.15, 0.2) is 0 Å². The quantitative estimate of drug-likeness (QED) is 0.689. The molecule has 108 valence electrons. The molecule has 0 aromatic heterocycles. The van der Waals surface area contributed by atoms with E-state index in [0.717, 1.165) is 24.5 Å². The normalized spacial score (nSPS) is 16.6. The Balaban J connectivity index is 1.78. The van der Waals surface area contributed by atoms with Gasteiger partial charge in [0.1, 0.15) is 5.82 Å². The summed E-state index contributed by atoms with van der Waals surface area (Å²) in [6.07, 6.45) is 1.55. The third-order valence-corrected chi connectivity index (χ3v) is 3.80. The van der Waals surface area contributed by atoms with E-state index in [1.54, 1.807) is 0 Å². The number of fused-ring (bicyclic) bond motifs is 1. The highest BCUT2D eigenvalue weighted by Gasteiger charge is 2.22. The molecule has 0 saturated heterocycles. The minimum Gasteiger partial charge on any atom is -0.381 e.